The highest BCUT2D eigenvalue weighted by atomic mass is 16.6. The van der Waals surface area contributed by atoms with Crippen LogP contribution in [0.4, 0.5) is 4.79 Å². The predicted molar refractivity (Wildman–Crippen MR) is 75.4 cm³/mol. The highest BCUT2D eigenvalue weighted by Crippen LogP contribution is 2.41. The third-order valence-electron chi connectivity index (χ3n) is 4.91. The van der Waals surface area contributed by atoms with Gasteiger partial charge in [-0.25, -0.2) is 4.79 Å². The van der Waals surface area contributed by atoms with Crippen molar-refractivity contribution in [1.82, 2.24) is 9.80 Å². The minimum absolute atomic E-state index is 0.150. The minimum atomic E-state index is -0.237. The molecule has 110 valence electrons. The zero-order valence-corrected chi connectivity index (χ0v) is 11.8. The molecule has 1 aromatic carbocycles. The van der Waals surface area contributed by atoms with Crippen LogP contribution < -0.4 is 0 Å². The molecule has 3 atom stereocenters. The average molecular weight is 286 g/mol. The summed E-state index contributed by atoms with van der Waals surface area (Å²) in [5.41, 5.74) is 0.995. The summed E-state index contributed by atoms with van der Waals surface area (Å²) in [5, 5.41) is 0. The van der Waals surface area contributed by atoms with Crippen LogP contribution in [0.2, 0.25) is 0 Å². The van der Waals surface area contributed by atoms with Crippen LogP contribution in [-0.4, -0.2) is 46.5 Å². The van der Waals surface area contributed by atoms with Gasteiger partial charge in [0.15, 0.2) is 0 Å². The van der Waals surface area contributed by atoms with Crippen molar-refractivity contribution in [2.24, 2.45) is 0 Å². The molecule has 0 saturated carbocycles. The van der Waals surface area contributed by atoms with Crippen molar-refractivity contribution in [2.75, 3.05) is 6.54 Å². The Morgan fingerprint density at radius 3 is 2.86 bits per heavy atom. The number of piperidine rings is 1. The van der Waals surface area contributed by atoms with Crippen LogP contribution in [0.5, 0.6) is 0 Å². The molecule has 3 fully saturated rings. The fourth-order valence-corrected chi connectivity index (χ4v) is 3.84. The van der Waals surface area contributed by atoms with E-state index in [1.54, 1.807) is 0 Å². The molecule has 4 rings (SSSR count). The first-order valence-electron chi connectivity index (χ1n) is 7.52. The van der Waals surface area contributed by atoms with Gasteiger partial charge in [-0.2, -0.15) is 0 Å². The lowest BCUT2D eigenvalue weighted by atomic mass is 9.82. The average Bonchev–Trinajstić information content (AvgIpc) is 2.88. The number of benzene rings is 1. The zero-order chi connectivity index (χ0) is 14.4. The summed E-state index contributed by atoms with van der Waals surface area (Å²) in [4.78, 5) is 27.8. The maximum Gasteiger partial charge on any atom is 0.410 e. The lowest BCUT2D eigenvalue weighted by Gasteiger charge is -2.57. The summed E-state index contributed by atoms with van der Waals surface area (Å²) in [6.45, 7) is 0.989. The van der Waals surface area contributed by atoms with Crippen LogP contribution >= 0.6 is 0 Å². The Balaban J connectivity index is 1.39. The van der Waals surface area contributed by atoms with E-state index in [1.165, 1.54) is 0 Å². The van der Waals surface area contributed by atoms with Gasteiger partial charge in [-0.1, -0.05) is 30.3 Å². The molecular weight excluding hydrogens is 268 g/mol. The molecule has 0 radical (unpaired) electrons. The van der Waals surface area contributed by atoms with Crippen molar-refractivity contribution >= 4 is 12.0 Å². The quantitative estimate of drug-likeness (QED) is 0.832. The van der Waals surface area contributed by atoms with Gasteiger partial charge in [-0.3, -0.25) is 9.69 Å². The number of hydrogen-bond acceptors (Lipinski definition) is 3. The number of likely N-dealkylation sites (tertiary alicyclic amines) is 1. The lowest BCUT2D eigenvalue weighted by Crippen LogP contribution is -2.73. The van der Waals surface area contributed by atoms with Gasteiger partial charge in [-0.05, 0) is 18.4 Å². The number of ether oxygens (including phenoxy) is 1. The van der Waals surface area contributed by atoms with E-state index in [-0.39, 0.29) is 30.1 Å². The molecule has 3 aliphatic rings. The van der Waals surface area contributed by atoms with Crippen molar-refractivity contribution in [1.29, 1.82) is 0 Å². The predicted octanol–water partition coefficient (Wildman–Crippen LogP) is 1.77. The number of fused-ring (bicyclic) bond motifs is 4. The second kappa shape index (κ2) is 4.76. The van der Waals surface area contributed by atoms with E-state index < -0.39 is 0 Å². The number of nitrogens with zero attached hydrogens (tertiary/aromatic N) is 2. The maximum absolute atomic E-state index is 12.3. The van der Waals surface area contributed by atoms with Gasteiger partial charge < -0.3 is 9.64 Å². The van der Waals surface area contributed by atoms with E-state index in [0.29, 0.717) is 19.6 Å². The summed E-state index contributed by atoms with van der Waals surface area (Å²) in [6, 6.07) is 10.2. The van der Waals surface area contributed by atoms with Gasteiger partial charge in [-0.15, -0.1) is 0 Å². The largest absolute Gasteiger partial charge is 0.445 e. The molecule has 1 aromatic rings. The molecule has 21 heavy (non-hydrogen) atoms. The number of amides is 2. The first-order chi connectivity index (χ1) is 10.2. The topological polar surface area (TPSA) is 49.9 Å². The molecule has 3 aliphatic heterocycles. The van der Waals surface area contributed by atoms with Crippen LogP contribution in [0.15, 0.2) is 30.3 Å². The molecule has 0 N–H and O–H groups in total. The third kappa shape index (κ3) is 1.99. The summed E-state index contributed by atoms with van der Waals surface area (Å²) < 4.78 is 5.43. The van der Waals surface area contributed by atoms with E-state index in [0.717, 1.165) is 18.4 Å². The van der Waals surface area contributed by atoms with Gasteiger partial charge in [0.05, 0.1) is 18.1 Å². The second-order valence-electron chi connectivity index (χ2n) is 6.06. The standard InChI is InChI=1S/C16H18N2O3/c19-15-7-6-13-14-8-12(9-17(13)15)18(14)16(20)21-10-11-4-2-1-3-5-11/h1-5,12-14H,6-10H2. The minimum Gasteiger partial charge on any atom is -0.445 e. The van der Waals surface area contributed by atoms with E-state index in [4.69, 9.17) is 4.74 Å². The maximum atomic E-state index is 12.3. The van der Waals surface area contributed by atoms with Gasteiger partial charge in [0.2, 0.25) is 5.91 Å². The number of piperazine rings is 1. The van der Waals surface area contributed by atoms with Crippen LogP contribution in [0.25, 0.3) is 0 Å². The fourth-order valence-electron chi connectivity index (χ4n) is 3.84. The Morgan fingerprint density at radius 1 is 1.24 bits per heavy atom. The SMILES string of the molecule is O=C1CCC2C3CC(CN12)N3C(=O)OCc1ccccc1. The first kappa shape index (κ1) is 12.7. The van der Waals surface area contributed by atoms with Crippen molar-refractivity contribution in [3.8, 4) is 0 Å². The second-order valence-corrected chi connectivity index (χ2v) is 6.06. The van der Waals surface area contributed by atoms with Crippen LogP contribution in [-0.2, 0) is 16.1 Å². The van der Waals surface area contributed by atoms with E-state index in [2.05, 4.69) is 0 Å². The highest BCUT2D eigenvalue weighted by Gasteiger charge is 2.56. The van der Waals surface area contributed by atoms with Gasteiger partial charge in [0, 0.05) is 13.0 Å². The summed E-state index contributed by atoms with van der Waals surface area (Å²) in [7, 11) is 0. The van der Waals surface area contributed by atoms with Crippen LogP contribution in [0.1, 0.15) is 24.8 Å². The van der Waals surface area contributed by atoms with Crippen molar-refractivity contribution < 1.29 is 14.3 Å². The van der Waals surface area contributed by atoms with Crippen molar-refractivity contribution in [3.63, 3.8) is 0 Å². The van der Waals surface area contributed by atoms with Crippen molar-refractivity contribution in [3.05, 3.63) is 35.9 Å². The number of carbonyl (C=O) groups is 2. The molecule has 3 saturated heterocycles. The van der Waals surface area contributed by atoms with Crippen LogP contribution in [0, 0.1) is 0 Å². The summed E-state index contributed by atoms with van der Waals surface area (Å²) in [5.74, 6) is 0.243. The van der Waals surface area contributed by atoms with E-state index in [1.807, 2.05) is 40.1 Å². The number of carbonyl (C=O) groups excluding carboxylic acids is 2. The normalized spacial score (nSPS) is 29.9. The molecular formula is C16H18N2O3. The number of hydrogen-bond donors (Lipinski definition) is 0. The molecule has 0 spiro atoms. The summed E-state index contributed by atoms with van der Waals surface area (Å²) >= 11 is 0. The lowest BCUT2D eigenvalue weighted by molar-refractivity contribution is -0.141. The zero-order valence-electron chi connectivity index (χ0n) is 11.8. The fraction of sp³-hybridized carbons (Fsp3) is 0.500. The molecule has 0 aliphatic carbocycles. The molecule has 3 unspecified atom stereocenters. The van der Waals surface area contributed by atoms with E-state index >= 15 is 0 Å². The highest BCUT2D eigenvalue weighted by molar-refractivity contribution is 5.80. The molecule has 5 nitrogen and oxygen atoms in total. The van der Waals surface area contributed by atoms with Gasteiger partial charge in [0.25, 0.3) is 0 Å². The Bertz CT molecular complexity index is 574. The Kier molecular flexibility index (Phi) is 2.87. The van der Waals surface area contributed by atoms with Crippen LogP contribution in [0.3, 0.4) is 0 Å². The monoisotopic (exact) mass is 286 g/mol. The Hall–Kier alpha value is -2.04. The first-order valence-corrected chi connectivity index (χ1v) is 7.52. The third-order valence-corrected chi connectivity index (χ3v) is 4.91. The molecule has 3 heterocycles. The number of rotatable bonds is 2. The molecule has 5 heteroatoms. The molecule has 2 amide bonds. The van der Waals surface area contributed by atoms with Gasteiger partial charge >= 0.3 is 6.09 Å². The van der Waals surface area contributed by atoms with Gasteiger partial charge in [0.1, 0.15) is 6.61 Å². The molecule has 0 aromatic heterocycles. The molecule has 2 bridgehead atoms. The van der Waals surface area contributed by atoms with Crippen molar-refractivity contribution in [2.45, 2.75) is 44.0 Å². The smallest absolute Gasteiger partial charge is 0.410 e. The summed E-state index contributed by atoms with van der Waals surface area (Å²) in [6.07, 6.45) is 2.27. The Morgan fingerprint density at radius 2 is 2.05 bits per heavy atom. The van der Waals surface area contributed by atoms with E-state index in [9.17, 15) is 9.59 Å². The Labute approximate surface area is 123 Å².